The number of likely N-dealkylation sites (tertiary alicyclic amines) is 2. The Hall–Kier alpha value is -2.25. The van der Waals surface area contributed by atoms with E-state index in [2.05, 4.69) is 4.90 Å². The van der Waals surface area contributed by atoms with Crippen molar-refractivity contribution < 1.29 is 19.1 Å². The molecule has 0 aromatic heterocycles. The number of imide groups is 1. The third-order valence-electron chi connectivity index (χ3n) is 7.29. The Morgan fingerprint density at radius 2 is 1.53 bits per heavy atom. The molecule has 0 spiro atoms. The third kappa shape index (κ3) is 5.04. The molecule has 0 unspecified atom stereocenters. The van der Waals surface area contributed by atoms with Crippen LogP contribution in [0.3, 0.4) is 0 Å². The summed E-state index contributed by atoms with van der Waals surface area (Å²) in [6, 6.07) is 7.57. The van der Waals surface area contributed by atoms with E-state index in [4.69, 9.17) is 4.74 Å². The van der Waals surface area contributed by atoms with Crippen LogP contribution in [-0.2, 0) is 9.53 Å². The average molecular weight is 442 g/mol. The molecule has 2 saturated heterocycles. The minimum atomic E-state index is -0.198. The lowest BCUT2D eigenvalue weighted by Crippen LogP contribution is -2.49. The minimum absolute atomic E-state index is 0.198. The van der Waals surface area contributed by atoms with Gasteiger partial charge in [0, 0.05) is 52.3 Å². The quantitative estimate of drug-likeness (QED) is 0.458. The van der Waals surface area contributed by atoms with Gasteiger partial charge in [0.2, 0.25) is 5.91 Å². The number of carbonyl (C=O) groups is 3. The maximum absolute atomic E-state index is 12.6. The number of fused-ring (bicyclic) bond motifs is 1. The van der Waals surface area contributed by atoms with Gasteiger partial charge in [0.25, 0.3) is 11.8 Å². The van der Waals surface area contributed by atoms with E-state index in [0.717, 1.165) is 71.1 Å². The highest BCUT2D eigenvalue weighted by Crippen LogP contribution is 2.24. The average Bonchev–Trinajstić information content (AvgIpc) is 3.09. The molecule has 7 heteroatoms. The Morgan fingerprint density at radius 3 is 2.12 bits per heavy atom. The predicted octanol–water partition coefficient (Wildman–Crippen LogP) is 2.94. The zero-order chi connectivity index (χ0) is 22.5. The van der Waals surface area contributed by atoms with Gasteiger partial charge in [0.05, 0.1) is 17.2 Å². The number of ether oxygens (including phenoxy) is 1. The highest BCUT2D eigenvalue weighted by molar-refractivity contribution is 6.21. The van der Waals surface area contributed by atoms with Crippen molar-refractivity contribution in [3.05, 3.63) is 35.4 Å². The summed E-state index contributed by atoms with van der Waals surface area (Å²) in [5.74, 6) is -0.158. The van der Waals surface area contributed by atoms with Gasteiger partial charge in [0.1, 0.15) is 0 Å². The van der Waals surface area contributed by atoms with Crippen molar-refractivity contribution in [3.63, 3.8) is 0 Å². The molecule has 0 saturated carbocycles. The molecule has 1 aromatic rings. The number of methoxy groups -OCH3 is 1. The topological polar surface area (TPSA) is 70.2 Å². The molecule has 3 aliphatic rings. The van der Waals surface area contributed by atoms with E-state index in [1.54, 1.807) is 31.4 Å². The van der Waals surface area contributed by atoms with Crippen LogP contribution in [0.4, 0.5) is 0 Å². The summed E-state index contributed by atoms with van der Waals surface area (Å²) in [6.07, 6.45) is 7.66. The number of carbonyl (C=O) groups excluding carboxylic acids is 3. The molecular weight excluding hydrogens is 406 g/mol. The third-order valence-corrected chi connectivity index (χ3v) is 7.29. The second-order valence-electron chi connectivity index (χ2n) is 9.20. The summed E-state index contributed by atoms with van der Waals surface area (Å²) < 4.78 is 5.47. The fraction of sp³-hybridized carbons (Fsp3) is 0.640. The van der Waals surface area contributed by atoms with Crippen LogP contribution in [-0.4, -0.2) is 84.4 Å². The Bertz CT molecular complexity index is 791. The Labute approximate surface area is 190 Å². The number of rotatable bonds is 8. The van der Waals surface area contributed by atoms with E-state index in [1.807, 2.05) is 4.90 Å². The molecule has 4 rings (SSSR count). The molecule has 3 heterocycles. The van der Waals surface area contributed by atoms with Gasteiger partial charge in [-0.2, -0.15) is 0 Å². The van der Waals surface area contributed by atoms with Crippen LogP contribution in [0.1, 0.15) is 72.1 Å². The highest BCUT2D eigenvalue weighted by atomic mass is 16.5. The van der Waals surface area contributed by atoms with E-state index < -0.39 is 0 Å². The first-order valence-corrected chi connectivity index (χ1v) is 12.1. The zero-order valence-corrected chi connectivity index (χ0v) is 19.1. The van der Waals surface area contributed by atoms with Gasteiger partial charge in [-0.1, -0.05) is 18.6 Å². The van der Waals surface area contributed by atoms with E-state index in [0.29, 0.717) is 36.2 Å². The summed E-state index contributed by atoms with van der Waals surface area (Å²) in [6.45, 7) is 4.33. The number of unbranched alkanes of at least 4 members (excludes halogenated alkanes) is 2. The lowest BCUT2D eigenvalue weighted by atomic mass is 9.98. The largest absolute Gasteiger partial charge is 0.381 e. The van der Waals surface area contributed by atoms with Crippen molar-refractivity contribution in [1.82, 2.24) is 14.7 Å². The fourth-order valence-electron chi connectivity index (χ4n) is 5.28. The molecule has 32 heavy (non-hydrogen) atoms. The molecule has 2 fully saturated rings. The highest BCUT2D eigenvalue weighted by Gasteiger charge is 2.34. The fourth-order valence-corrected chi connectivity index (χ4v) is 5.28. The molecule has 0 bridgehead atoms. The van der Waals surface area contributed by atoms with E-state index in [1.165, 1.54) is 4.90 Å². The van der Waals surface area contributed by atoms with Gasteiger partial charge in [-0.05, 0) is 50.7 Å². The molecular formula is C25H35N3O4. The van der Waals surface area contributed by atoms with Crippen LogP contribution in [0, 0.1) is 0 Å². The summed E-state index contributed by atoms with van der Waals surface area (Å²) in [7, 11) is 1.80. The van der Waals surface area contributed by atoms with Gasteiger partial charge < -0.3 is 14.5 Å². The lowest BCUT2D eigenvalue weighted by molar-refractivity contribution is -0.133. The number of nitrogens with zero attached hydrogens (tertiary/aromatic N) is 3. The first-order valence-electron chi connectivity index (χ1n) is 12.1. The molecule has 3 amide bonds. The van der Waals surface area contributed by atoms with Gasteiger partial charge in [-0.25, -0.2) is 0 Å². The van der Waals surface area contributed by atoms with Crippen molar-refractivity contribution in [2.45, 2.75) is 63.5 Å². The normalized spacial score (nSPS) is 20.8. The van der Waals surface area contributed by atoms with Crippen LogP contribution in [0.15, 0.2) is 24.3 Å². The second-order valence-corrected chi connectivity index (χ2v) is 9.20. The van der Waals surface area contributed by atoms with Crippen LogP contribution in [0.2, 0.25) is 0 Å². The Balaban J connectivity index is 1.11. The van der Waals surface area contributed by atoms with Crippen molar-refractivity contribution in [2.75, 3.05) is 39.8 Å². The monoisotopic (exact) mass is 441 g/mol. The van der Waals surface area contributed by atoms with E-state index >= 15 is 0 Å². The summed E-state index contributed by atoms with van der Waals surface area (Å²) in [4.78, 5) is 43.3. The van der Waals surface area contributed by atoms with Gasteiger partial charge in [-0.3, -0.25) is 19.3 Å². The van der Waals surface area contributed by atoms with Crippen LogP contribution in [0.25, 0.3) is 0 Å². The Morgan fingerprint density at radius 1 is 0.906 bits per heavy atom. The standard InChI is InChI=1S/C25H35N3O4/c1-32-20-12-17-26(18-13-20)19-10-15-27(16-11-19)23(29)9-3-2-6-14-28-24(30)21-7-4-5-8-22(21)25(28)31/h4-5,7-8,19-20H,2-3,6,9-18H2,1H3. The maximum Gasteiger partial charge on any atom is 0.261 e. The van der Waals surface area contributed by atoms with Crippen LogP contribution in [0.5, 0.6) is 0 Å². The maximum atomic E-state index is 12.6. The molecule has 0 atom stereocenters. The van der Waals surface area contributed by atoms with Gasteiger partial charge in [-0.15, -0.1) is 0 Å². The number of hydrogen-bond acceptors (Lipinski definition) is 5. The smallest absolute Gasteiger partial charge is 0.261 e. The minimum Gasteiger partial charge on any atom is -0.381 e. The molecule has 0 radical (unpaired) electrons. The Kier molecular flexibility index (Phi) is 7.58. The first-order chi connectivity index (χ1) is 15.6. The number of piperidine rings is 2. The van der Waals surface area contributed by atoms with Crippen molar-refractivity contribution in [1.29, 1.82) is 0 Å². The zero-order valence-electron chi connectivity index (χ0n) is 19.1. The summed E-state index contributed by atoms with van der Waals surface area (Å²) in [5.41, 5.74) is 0.998. The second kappa shape index (κ2) is 10.6. The molecule has 3 aliphatic heterocycles. The molecule has 0 aliphatic carbocycles. The number of amides is 3. The van der Waals surface area contributed by atoms with Crippen LogP contribution >= 0.6 is 0 Å². The van der Waals surface area contributed by atoms with E-state index in [9.17, 15) is 14.4 Å². The SMILES string of the molecule is COC1CCN(C2CCN(C(=O)CCCCCN3C(=O)c4ccccc4C3=O)CC2)CC1. The number of hydrogen-bond donors (Lipinski definition) is 0. The summed E-state index contributed by atoms with van der Waals surface area (Å²) >= 11 is 0. The summed E-state index contributed by atoms with van der Waals surface area (Å²) in [5, 5.41) is 0. The lowest BCUT2D eigenvalue weighted by Gasteiger charge is -2.41. The van der Waals surface area contributed by atoms with E-state index in [-0.39, 0.29) is 17.7 Å². The molecule has 0 N–H and O–H groups in total. The molecule has 7 nitrogen and oxygen atoms in total. The van der Waals surface area contributed by atoms with Crippen molar-refractivity contribution in [2.24, 2.45) is 0 Å². The number of benzene rings is 1. The van der Waals surface area contributed by atoms with Gasteiger partial charge in [0.15, 0.2) is 0 Å². The predicted molar refractivity (Wildman–Crippen MR) is 121 cm³/mol. The van der Waals surface area contributed by atoms with Gasteiger partial charge >= 0.3 is 0 Å². The molecule has 1 aromatic carbocycles. The van der Waals surface area contributed by atoms with Crippen molar-refractivity contribution >= 4 is 17.7 Å². The van der Waals surface area contributed by atoms with Crippen molar-refractivity contribution in [3.8, 4) is 0 Å². The first kappa shape index (κ1) is 22.9. The molecule has 174 valence electrons. The van der Waals surface area contributed by atoms with Crippen LogP contribution < -0.4 is 0 Å².